The van der Waals surface area contributed by atoms with Gasteiger partial charge in [0.15, 0.2) is 0 Å². The maximum Gasteiger partial charge on any atom is 0.241 e. The molecule has 0 atom stereocenters. The number of rotatable bonds is 6. The number of hydrazone groups is 1. The van der Waals surface area contributed by atoms with Crippen molar-refractivity contribution in [3.05, 3.63) is 78.4 Å². The van der Waals surface area contributed by atoms with Gasteiger partial charge < -0.3 is 9.47 Å². The number of nitrogens with zero attached hydrogens (tertiary/aromatic N) is 3. The normalized spacial score (nSPS) is 11.4. The Balaban J connectivity index is 1.42. The Hall–Kier alpha value is -3.60. The van der Waals surface area contributed by atoms with Crippen molar-refractivity contribution in [3.8, 4) is 0 Å². The molecule has 146 valence electrons. The number of aryl methyl sites for hydroxylation is 1. The van der Waals surface area contributed by atoms with Gasteiger partial charge in [0.05, 0.1) is 6.21 Å². The van der Waals surface area contributed by atoms with Crippen LogP contribution in [0, 0.1) is 0 Å². The highest BCUT2D eigenvalue weighted by atomic mass is 16.2. The molecule has 0 unspecified atom stereocenters. The van der Waals surface area contributed by atoms with Crippen molar-refractivity contribution in [2.24, 2.45) is 5.10 Å². The molecule has 0 bridgehead atoms. The minimum atomic E-state index is -0.104. The minimum Gasteiger partial charge on any atom is -0.378 e. The second kappa shape index (κ2) is 8.19. The van der Waals surface area contributed by atoms with Crippen LogP contribution in [0.15, 0.2) is 77.9 Å². The van der Waals surface area contributed by atoms with Crippen LogP contribution < -0.4 is 10.3 Å². The molecule has 0 saturated heterocycles. The highest BCUT2D eigenvalue weighted by Gasteiger charge is 2.10. The standard InChI is InChI=1S/C24H24N4O/c1-27(2)19-13-11-18(12-14-19)17-25-26-24(29)15-16-28-22-9-5-3-7-20(22)21-8-4-6-10-23(21)28/h3-14,17H,15-16H2,1-2H3,(H,26,29). The van der Waals surface area contributed by atoms with E-state index in [2.05, 4.69) is 39.4 Å². The Morgan fingerprint density at radius 2 is 1.52 bits per heavy atom. The SMILES string of the molecule is CN(C)c1ccc(C=NNC(=O)CCn2c3ccccc3c3ccccc32)cc1. The van der Waals surface area contributed by atoms with Gasteiger partial charge in [0, 0.05) is 54.6 Å². The van der Waals surface area contributed by atoms with Crippen molar-refractivity contribution in [3.63, 3.8) is 0 Å². The molecule has 1 heterocycles. The topological polar surface area (TPSA) is 49.6 Å². The van der Waals surface area contributed by atoms with Crippen LogP contribution in [-0.4, -0.2) is 30.8 Å². The molecule has 0 aliphatic heterocycles. The fourth-order valence-corrected chi connectivity index (χ4v) is 3.55. The van der Waals surface area contributed by atoms with E-state index in [4.69, 9.17) is 0 Å². The van der Waals surface area contributed by atoms with Crippen LogP contribution >= 0.6 is 0 Å². The first-order valence-electron chi connectivity index (χ1n) is 9.69. The number of nitrogens with one attached hydrogen (secondary N) is 1. The fraction of sp³-hybridized carbons (Fsp3) is 0.167. The number of amides is 1. The number of carbonyl (C=O) groups excluding carboxylic acids is 1. The summed E-state index contributed by atoms with van der Waals surface area (Å²) in [6.07, 6.45) is 2.03. The zero-order chi connectivity index (χ0) is 20.2. The van der Waals surface area contributed by atoms with Crippen LogP contribution in [0.2, 0.25) is 0 Å². The number of aromatic nitrogens is 1. The zero-order valence-corrected chi connectivity index (χ0v) is 16.7. The van der Waals surface area contributed by atoms with Crippen LogP contribution in [-0.2, 0) is 11.3 Å². The quantitative estimate of drug-likeness (QED) is 0.396. The van der Waals surface area contributed by atoms with Crippen molar-refractivity contribution in [2.75, 3.05) is 19.0 Å². The van der Waals surface area contributed by atoms with Crippen molar-refractivity contribution in [1.29, 1.82) is 0 Å². The van der Waals surface area contributed by atoms with Crippen LogP contribution in [0.25, 0.3) is 21.8 Å². The molecule has 4 rings (SSSR count). The molecule has 0 aliphatic carbocycles. The number of benzene rings is 3. The Labute approximate surface area is 170 Å². The maximum absolute atomic E-state index is 12.3. The third-order valence-corrected chi connectivity index (χ3v) is 5.05. The molecule has 1 amide bonds. The number of hydrogen-bond donors (Lipinski definition) is 1. The molecule has 3 aromatic carbocycles. The summed E-state index contributed by atoms with van der Waals surface area (Å²) in [5.41, 5.74) is 6.99. The average molecular weight is 384 g/mol. The molecule has 0 fully saturated rings. The molecule has 5 nitrogen and oxygen atoms in total. The van der Waals surface area contributed by atoms with Crippen LogP contribution in [0.4, 0.5) is 5.69 Å². The van der Waals surface area contributed by atoms with E-state index in [0.717, 1.165) is 22.3 Å². The zero-order valence-electron chi connectivity index (χ0n) is 16.7. The molecule has 0 radical (unpaired) electrons. The molecule has 0 spiro atoms. The van der Waals surface area contributed by atoms with E-state index < -0.39 is 0 Å². The van der Waals surface area contributed by atoms with Gasteiger partial charge in [-0.15, -0.1) is 0 Å². The maximum atomic E-state index is 12.3. The first-order valence-corrected chi connectivity index (χ1v) is 9.69. The summed E-state index contributed by atoms with van der Waals surface area (Å²) >= 11 is 0. The van der Waals surface area contributed by atoms with Crippen molar-refractivity contribution >= 4 is 39.6 Å². The van der Waals surface area contributed by atoms with Gasteiger partial charge in [0.2, 0.25) is 5.91 Å². The van der Waals surface area contributed by atoms with Gasteiger partial charge in [-0.1, -0.05) is 48.5 Å². The first-order chi connectivity index (χ1) is 14.1. The van der Waals surface area contributed by atoms with Crippen molar-refractivity contribution < 1.29 is 4.79 Å². The average Bonchev–Trinajstić information content (AvgIpc) is 3.06. The highest BCUT2D eigenvalue weighted by Crippen LogP contribution is 2.28. The monoisotopic (exact) mass is 384 g/mol. The fourth-order valence-electron chi connectivity index (χ4n) is 3.55. The van der Waals surface area contributed by atoms with Gasteiger partial charge in [-0.2, -0.15) is 5.10 Å². The van der Waals surface area contributed by atoms with Crippen LogP contribution in [0.5, 0.6) is 0 Å². The molecule has 0 saturated carbocycles. The van der Waals surface area contributed by atoms with Gasteiger partial charge in [-0.3, -0.25) is 4.79 Å². The summed E-state index contributed by atoms with van der Waals surface area (Å²) in [5.74, 6) is -0.104. The van der Waals surface area contributed by atoms with E-state index in [-0.39, 0.29) is 5.91 Å². The van der Waals surface area contributed by atoms with E-state index in [1.54, 1.807) is 6.21 Å². The summed E-state index contributed by atoms with van der Waals surface area (Å²) in [4.78, 5) is 14.3. The number of para-hydroxylation sites is 2. The second-order valence-electron chi connectivity index (χ2n) is 7.22. The Morgan fingerprint density at radius 3 is 2.10 bits per heavy atom. The smallest absolute Gasteiger partial charge is 0.241 e. The summed E-state index contributed by atoms with van der Waals surface area (Å²) in [7, 11) is 4.00. The first kappa shape index (κ1) is 18.7. The Morgan fingerprint density at radius 1 is 0.931 bits per heavy atom. The largest absolute Gasteiger partial charge is 0.378 e. The molecular formula is C24H24N4O. The number of fused-ring (bicyclic) bond motifs is 3. The summed E-state index contributed by atoms with van der Waals surface area (Å²) in [6, 6.07) is 24.6. The lowest BCUT2D eigenvalue weighted by atomic mass is 10.2. The molecule has 5 heteroatoms. The van der Waals surface area contributed by atoms with Crippen LogP contribution in [0.3, 0.4) is 0 Å². The van der Waals surface area contributed by atoms with Gasteiger partial charge in [-0.25, -0.2) is 5.43 Å². The predicted molar refractivity (Wildman–Crippen MR) is 121 cm³/mol. The number of hydrogen-bond acceptors (Lipinski definition) is 3. The van der Waals surface area contributed by atoms with Crippen molar-refractivity contribution in [1.82, 2.24) is 9.99 Å². The molecule has 1 N–H and O–H groups in total. The number of anilines is 1. The Bertz CT molecular complexity index is 1120. The summed E-state index contributed by atoms with van der Waals surface area (Å²) < 4.78 is 2.20. The van der Waals surface area contributed by atoms with E-state index in [0.29, 0.717) is 13.0 Å². The van der Waals surface area contributed by atoms with E-state index >= 15 is 0 Å². The molecule has 29 heavy (non-hydrogen) atoms. The van der Waals surface area contributed by atoms with E-state index in [9.17, 15) is 4.79 Å². The second-order valence-corrected chi connectivity index (χ2v) is 7.22. The third-order valence-electron chi connectivity index (χ3n) is 5.05. The van der Waals surface area contributed by atoms with Gasteiger partial charge in [0.1, 0.15) is 0 Å². The lowest BCUT2D eigenvalue weighted by Gasteiger charge is -2.11. The lowest BCUT2D eigenvalue weighted by molar-refractivity contribution is -0.121. The third kappa shape index (κ3) is 3.99. The van der Waals surface area contributed by atoms with Gasteiger partial charge in [-0.05, 0) is 29.8 Å². The summed E-state index contributed by atoms with van der Waals surface area (Å²) in [5, 5.41) is 6.51. The molecule has 1 aromatic heterocycles. The Kier molecular flexibility index (Phi) is 5.29. The predicted octanol–water partition coefficient (Wildman–Crippen LogP) is 4.40. The van der Waals surface area contributed by atoms with Gasteiger partial charge in [0.25, 0.3) is 0 Å². The van der Waals surface area contributed by atoms with Gasteiger partial charge >= 0.3 is 0 Å². The van der Waals surface area contributed by atoms with Crippen molar-refractivity contribution in [2.45, 2.75) is 13.0 Å². The molecule has 4 aromatic rings. The summed E-state index contributed by atoms with van der Waals surface area (Å²) in [6.45, 7) is 0.604. The molecule has 0 aliphatic rings. The van der Waals surface area contributed by atoms with E-state index in [1.165, 1.54) is 10.8 Å². The lowest BCUT2D eigenvalue weighted by Crippen LogP contribution is -2.19. The minimum absolute atomic E-state index is 0.104. The van der Waals surface area contributed by atoms with Crippen LogP contribution in [0.1, 0.15) is 12.0 Å². The molecular weight excluding hydrogens is 360 g/mol. The van der Waals surface area contributed by atoms with E-state index in [1.807, 2.05) is 67.5 Å². The number of carbonyl (C=O) groups is 1. The highest BCUT2D eigenvalue weighted by molar-refractivity contribution is 6.08.